The van der Waals surface area contributed by atoms with E-state index in [-0.39, 0.29) is 6.10 Å². The first-order valence-electron chi connectivity index (χ1n) is 2.60. The molecule has 3 heteroatoms. The van der Waals surface area contributed by atoms with Gasteiger partial charge in [0.05, 0.1) is 13.2 Å². The summed E-state index contributed by atoms with van der Waals surface area (Å²) >= 11 is 0. The van der Waals surface area contributed by atoms with E-state index < -0.39 is 0 Å². The number of nitrogens with zero attached hydrogens (tertiary/aromatic N) is 1. The minimum atomic E-state index is -0.319. The van der Waals surface area contributed by atoms with Crippen LogP contribution in [0.15, 0.2) is 0 Å². The van der Waals surface area contributed by atoms with Gasteiger partial charge in [-0.3, -0.25) is 0 Å². The summed E-state index contributed by atoms with van der Waals surface area (Å²) in [7, 11) is 3.34. The van der Waals surface area contributed by atoms with E-state index in [1.807, 2.05) is 0 Å². The summed E-state index contributed by atoms with van der Waals surface area (Å²) in [5.74, 6) is 0. The second kappa shape index (κ2) is 3.83. The quantitative estimate of drug-likeness (QED) is 0.525. The summed E-state index contributed by atoms with van der Waals surface area (Å²) in [5, 5.41) is 10.3. The summed E-state index contributed by atoms with van der Waals surface area (Å²) in [6, 6.07) is 0. The molecular formula is C5H13NO2. The largest absolute Gasteiger partial charge is 0.392 e. The zero-order valence-electron chi connectivity index (χ0n) is 5.59. The van der Waals surface area contributed by atoms with Crippen LogP contribution in [-0.2, 0) is 4.84 Å². The van der Waals surface area contributed by atoms with Gasteiger partial charge in [0.15, 0.2) is 0 Å². The molecule has 0 amide bonds. The second-order valence-electron chi connectivity index (χ2n) is 1.84. The smallest absolute Gasteiger partial charge is 0.0662 e. The Morgan fingerprint density at radius 3 is 2.38 bits per heavy atom. The molecule has 0 aliphatic rings. The van der Waals surface area contributed by atoms with E-state index in [1.165, 1.54) is 0 Å². The zero-order chi connectivity index (χ0) is 6.57. The molecule has 1 N–H and O–H groups in total. The van der Waals surface area contributed by atoms with Crippen molar-refractivity contribution < 1.29 is 9.94 Å². The van der Waals surface area contributed by atoms with Crippen LogP contribution in [0.2, 0.25) is 0 Å². The highest BCUT2D eigenvalue weighted by Crippen LogP contribution is 1.85. The van der Waals surface area contributed by atoms with E-state index >= 15 is 0 Å². The number of rotatable bonds is 3. The van der Waals surface area contributed by atoms with Crippen LogP contribution in [0.5, 0.6) is 0 Å². The van der Waals surface area contributed by atoms with Crippen molar-refractivity contribution in [1.29, 1.82) is 0 Å². The lowest BCUT2D eigenvalue weighted by Gasteiger charge is -2.14. The Morgan fingerprint density at radius 1 is 1.75 bits per heavy atom. The van der Waals surface area contributed by atoms with Gasteiger partial charge in [0.2, 0.25) is 0 Å². The molecule has 0 saturated heterocycles. The fourth-order valence-corrected chi connectivity index (χ4v) is 0.447. The average Bonchev–Trinajstić information content (AvgIpc) is 1.65. The monoisotopic (exact) mass is 119 g/mol. The fourth-order valence-electron chi connectivity index (χ4n) is 0.447. The van der Waals surface area contributed by atoms with Crippen molar-refractivity contribution in [3.05, 3.63) is 0 Å². The number of hydrogen-bond donors (Lipinski definition) is 1. The molecule has 0 aliphatic heterocycles. The normalized spacial score (nSPS) is 14.6. The SMILES string of the molecule is CON(C)CC(C)O. The maximum Gasteiger partial charge on any atom is 0.0662 e. The molecule has 0 radical (unpaired) electrons. The lowest BCUT2D eigenvalue weighted by molar-refractivity contribution is -0.125. The van der Waals surface area contributed by atoms with Crippen molar-refractivity contribution in [1.82, 2.24) is 5.06 Å². The molecule has 0 aromatic carbocycles. The molecule has 0 aliphatic carbocycles. The van der Waals surface area contributed by atoms with Crippen molar-refractivity contribution in [3.63, 3.8) is 0 Å². The van der Waals surface area contributed by atoms with Gasteiger partial charge in [-0.1, -0.05) is 0 Å². The second-order valence-corrected chi connectivity index (χ2v) is 1.84. The highest BCUT2D eigenvalue weighted by molar-refractivity contribution is 4.45. The molecule has 1 atom stereocenters. The van der Waals surface area contributed by atoms with Gasteiger partial charge in [0, 0.05) is 13.6 Å². The first-order chi connectivity index (χ1) is 3.66. The third kappa shape index (κ3) is 4.05. The lowest BCUT2D eigenvalue weighted by atomic mass is 10.4. The van der Waals surface area contributed by atoms with Gasteiger partial charge in [-0.05, 0) is 6.92 Å². The Hall–Kier alpha value is -0.120. The third-order valence-corrected chi connectivity index (χ3v) is 0.833. The number of hydroxylamine groups is 2. The fraction of sp³-hybridized carbons (Fsp3) is 1.00. The highest BCUT2D eigenvalue weighted by Gasteiger charge is 1.98. The van der Waals surface area contributed by atoms with E-state index in [0.717, 1.165) is 0 Å². The van der Waals surface area contributed by atoms with Gasteiger partial charge in [-0.2, -0.15) is 5.06 Å². The first-order valence-corrected chi connectivity index (χ1v) is 2.60. The molecule has 0 bridgehead atoms. The third-order valence-electron chi connectivity index (χ3n) is 0.833. The van der Waals surface area contributed by atoms with E-state index in [1.54, 1.807) is 26.1 Å². The van der Waals surface area contributed by atoms with Gasteiger partial charge >= 0.3 is 0 Å². The van der Waals surface area contributed by atoms with Crippen molar-refractivity contribution in [2.24, 2.45) is 0 Å². The van der Waals surface area contributed by atoms with E-state index in [2.05, 4.69) is 0 Å². The van der Waals surface area contributed by atoms with Crippen LogP contribution in [0.3, 0.4) is 0 Å². The van der Waals surface area contributed by atoms with Crippen molar-refractivity contribution in [2.45, 2.75) is 13.0 Å². The Bertz CT molecular complexity index is 56.4. The molecule has 8 heavy (non-hydrogen) atoms. The molecule has 3 nitrogen and oxygen atoms in total. The van der Waals surface area contributed by atoms with Crippen molar-refractivity contribution in [2.75, 3.05) is 20.7 Å². The molecule has 1 unspecified atom stereocenters. The van der Waals surface area contributed by atoms with E-state index in [0.29, 0.717) is 6.54 Å². The van der Waals surface area contributed by atoms with Gasteiger partial charge in [0.1, 0.15) is 0 Å². The predicted octanol–water partition coefficient (Wildman–Crippen LogP) is -0.140. The minimum Gasteiger partial charge on any atom is -0.392 e. The first kappa shape index (κ1) is 7.88. The maximum absolute atomic E-state index is 8.73. The number of likely N-dealkylation sites (N-methyl/N-ethyl adjacent to an activating group) is 1. The maximum atomic E-state index is 8.73. The van der Waals surface area contributed by atoms with E-state index in [4.69, 9.17) is 9.94 Å². The number of aliphatic hydroxyl groups is 1. The Morgan fingerprint density at radius 2 is 2.25 bits per heavy atom. The molecule has 0 rings (SSSR count). The molecule has 0 spiro atoms. The van der Waals surface area contributed by atoms with Crippen LogP contribution < -0.4 is 0 Å². The molecule has 0 heterocycles. The van der Waals surface area contributed by atoms with Crippen LogP contribution in [-0.4, -0.2) is 37.0 Å². The van der Waals surface area contributed by atoms with Gasteiger partial charge in [-0.25, -0.2) is 0 Å². The minimum absolute atomic E-state index is 0.319. The zero-order valence-corrected chi connectivity index (χ0v) is 5.59. The van der Waals surface area contributed by atoms with Crippen LogP contribution in [0.1, 0.15) is 6.92 Å². The Kier molecular flexibility index (Phi) is 3.77. The van der Waals surface area contributed by atoms with Crippen molar-refractivity contribution in [3.8, 4) is 0 Å². The topological polar surface area (TPSA) is 32.7 Å². The van der Waals surface area contributed by atoms with Crippen LogP contribution in [0.4, 0.5) is 0 Å². The summed E-state index contributed by atoms with van der Waals surface area (Å²) in [5.41, 5.74) is 0. The highest BCUT2D eigenvalue weighted by atomic mass is 16.7. The van der Waals surface area contributed by atoms with Gasteiger partial charge < -0.3 is 9.94 Å². The summed E-state index contributed by atoms with van der Waals surface area (Å²) < 4.78 is 0. The van der Waals surface area contributed by atoms with Crippen molar-refractivity contribution >= 4 is 0 Å². The summed E-state index contributed by atoms with van der Waals surface area (Å²) in [6.07, 6.45) is -0.319. The summed E-state index contributed by atoms with van der Waals surface area (Å²) in [6.45, 7) is 2.27. The average molecular weight is 119 g/mol. The molecule has 0 saturated carbocycles. The standard InChI is InChI=1S/C5H13NO2/c1-5(7)4-6(2)8-3/h5,7H,4H2,1-3H3. The molecule has 0 aromatic heterocycles. The van der Waals surface area contributed by atoms with Crippen LogP contribution in [0, 0.1) is 0 Å². The summed E-state index contributed by atoms with van der Waals surface area (Å²) in [4.78, 5) is 4.73. The molecule has 0 aromatic rings. The van der Waals surface area contributed by atoms with Crippen LogP contribution in [0.25, 0.3) is 0 Å². The molecule has 50 valence electrons. The Balaban J connectivity index is 3.10. The van der Waals surface area contributed by atoms with Crippen LogP contribution >= 0.6 is 0 Å². The van der Waals surface area contributed by atoms with E-state index in [9.17, 15) is 0 Å². The number of hydrogen-bond acceptors (Lipinski definition) is 3. The Labute approximate surface area is 49.8 Å². The predicted molar refractivity (Wildman–Crippen MR) is 31.3 cm³/mol. The number of aliphatic hydroxyl groups excluding tert-OH is 1. The molecular weight excluding hydrogens is 106 g/mol. The van der Waals surface area contributed by atoms with Gasteiger partial charge in [0.25, 0.3) is 0 Å². The molecule has 0 fully saturated rings. The van der Waals surface area contributed by atoms with Gasteiger partial charge in [-0.15, -0.1) is 0 Å². The lowest BCUT2D eigenvalue weighted by Crippen LogP contribution is -2.25.